The van der Waals surface area contributed by atoms with Crippen LogP contribution in [-0.4, -0.2) is 52.2 Å². The Morgan fingerprint density at radius 2 is 1.95 bits per heavy atom. The Hall–Kier alpha value is -1.89. The van der Waals surface area contributed by atoms with E-state index in [-0.39, 0.29) is 5.91 Å². The van der Waals surface area contributed by atoms with Gasteiger partial charge in [0.2, 0.25) is 0 Å². The van der Waals surface area contributed by atoms with E-state index in [4.69, 9.17) is 0 Å². The SMILES string of the molecule is O=C(c1cn[nH]c1)N1CC2CN(c3ccc(Br)cn3)CC2C1. The minimum atomic E-state index is 0.0801. The van der Waals surface area contributed by atoms with E-state index in [9.17, 15) is 4.79 Å². The largest absolute Gasteiger partial charge is 0.356 e. The van der Waals surface area contributed by atoms with Gasteiger partial charge in [0, 0.05) is 54.9 Å². The molecule has 0 saturated carbocycles. The maximum atomic E-state index is 12.4. The average Bonchev–Trinajstić information content (AvgIpc) is 3.23. The normalized spacial score (nSPS) is 23.9. The molecule has 2 atom stereocenters. The summed E-state index contributed by atoms with van der Waals surface area (Å²) in [5.41, 5.74) is 0.645. The number of fused-ring (bicyclic) bond motifs is 1. The Morgan fingerprint density at radius 3 is 2.55 bits per heavy atom. The minimum Gasteiger partial charge on any atom is -0.356 e. The first-order valence-corrected chi connectivity index (χ1v) is 8.14. The van der Waals surface area contributed by atoms with Gasteiger partial charge in [0.25, 0.3) is 5.91 Å². The van der Waals surface area contributed by atoms with E-state index in [1.54, 1.807) is 12.4 Å². The van der Waals surface area contributed by atoms with Crippen molar-refractivity contribution >= 4 is 27.7 Å². The number of anilines is 1. The minimum absolute atomic E-state index is 0.0801. The molecule has 2 fully saturated rings. The van der Waals surface area contributed by atoms with Gasteiger partial charge in [-0.1, -0.05) is 0 Å². The van der Waals surface area contributed by atoms with E-state index in [1.807, 2.05) is 23.2 Å². The van der Waals surface area contributed by atoms with Crippen LogP contribution in [-0.2, 0) is 0 Å². The molecule has 0 bridgehead atoms. The number of hydrogen-bond acceptors (Lipinski definition) is 4. The lowest BCUT2D eigenvalue weighted by Gasteiger charge is -2.22. The Bertz CT molecular complexity index is 658. The Labute approximate surface area is 136 Å². The van der Waals surface area contributed by atoms with Gasteiger partial charge in [0.15, 0.2) is 0 Å². The molecule has 0 aromatic carbocycles. The van der Waals surface area contributed by atoms with Gasteiger partial charge in [0.1, 0.15) is 5.82 Å². The Kier molecular flexibility index (Phi) is 3.37. The molecule has 7 heteroatoms. The Morgan fingerprint density at radius 1 is 1.18 bits per heavy atom. The van der Waals surface area contributed by atoms with Gasteiger partial charge in [-0.2, -0.15) is 5.10 Å². The van der Waals surface area contributed by atoms with Crippen LogP contribution in [0, 0.1) is 11.8 Å². The summed E-state index contributed by atoms with van der Waals surface area (Å²) in [5, 5.41) is 6.55. The molecule has 2 aliphatic rings. The number of hydrogen-bond donors (Lipinski definition) is 1. The van der Waals surface area contributed by atoms with Crippen LogP contribution in [0.5, 0.6) is 0 Å². The first-order valence-electron chi connectivity index (χ1n) is 7.35. The highest BCUT2D eigenvalue weighted by Crippen LogP contribution is 2.34. The van der Waals surface area contributed by atoms with Gasteiger partial charge < -0.3 is 9.80 Å². The van der Waals surface area contributed by atoms with Crippen LogP contribution in [0.25, 0.3) is 0 Å². The fourth-order valence-electron chi connectivity index (χ4n) is 3.45. The van der Waals surface area contributed by atoms with Crippen LogP contribution < -0.4 is 4.90 Å². The molecule has 4 rings (SSSR count). The van der Waals surface area contributed by atoms with E-state index in [2.05, 4.69) is 36.0 Å². The molecule has 1 amide bonds. The molecule has 1 N–H and O–H groups in total. The molecule has 0 spiro atoms. The van der Waals surface area contributed by atoms with Gasteiger partial charge in [-0.3, -0.25) is 9.89 Å². The first kappa shape index (κ1) is 13.8. The summed E-state index contributed by atoms with van der Waals surface area (Å²) >= 11 is 3.41. The third-order valence-electron chi connectivity index (χ3n) is 4.55. The highest BCUT2D eigenvalue weighted by Gasteiger charge is 2.42. The summed E-state index contributed by atoms with van der Waals surface area (Å²) in [4.78, 5) is 21.1. The molecule has 0 aliphatic carbocycles. The van der Waals surface area contributed by atoms with E-state index in [0.29, 0.717) is 17.4 Å². The average molecular weight is 362 g/mol. The van der Waals surface area contributed by atoms with Crippen molar-refractivity contribution in [2.75, 3.05) is 31.1 Å². The zero-order valence-corrected chi connectivity index (χ0v) is 13.5. The summed E-state index contributed by atoms with van der Waals surface area (Å²) < 4.78 is 0.993. The van der Waals surface area contributed by atoms with Crippen LogP contribution in [0.1, 0.15) is 10.4 Å². The van der Waals surface area contributed by atoms with Gasteiger partial charge in [-0.15, -0.1) is 0 Å². The van der Waals surface area contributed by atoms with Crippen LogP contribution in [0.4, 0.5) is 5.82 Å². The number of rotatable bonds is 2. The monoisotopic (exact) mass is 361 g/mol. The molecular weight excluding hydrogens is 346 g/mol. The van der Waals surface area contributed by atoms with Crippen LogP contribution in [0.2, 0.25) is 0 Å². The third-order valence-corrected chi connectivity index (χ3v) is 5.02. The molecular formula is C15H16BrN5O. The van der Waals surface area contributed by atoms with Crippen molar-refractivity contribution < 1.29 is 4.79 Å². The first-order chi connectivity index (χ1) is 10.7. The number of aromatic amines is 1. The lowest BCUT2D eigenvalue weighted by molar-refractivity contribution is 0.0782. The zero-order chi connectivity index (χ0) is 15.1. The predicted molar refractivity (Wildman–Crippen MR) is 85.6 cm³/mol. The lowest BCUT2D eigenvalue weighted by atomic mass is 10.0. The van der Waals surface area contributed by atoms with Crippen LogP contribution >= 0.6 is 15.9 Å². The maximum absolute atomic E-state index is 12.4. The van der Waals surface area contributed by atoms with Gasteiger partial charge in [0.05, 0.1) is 11.8 Å². The second kappa shape index (κ2) is 5.39. The molecule has 2 aromatic rings. The van der Waals surface area contributed by atoms with E-state index in [0.717, 1.165) is 36.5 Å². The number of amides is 1. The molecule has 2 aliphatic heterocycles. The van der Waals surface area contributed by atoms with Crippen molar-refractivity contribution in [1.82, 2.24) is 20.1 Å². The number of carbonyl (C=O) groups excluding carboxylic acids is 1. The summed E-state index contributed by atoms with van der Waals surface area (Å²) in [6.07, 6.45) is 5.08. The van der Waals surface area contributed by atoms with E-state index < -0.39 is 0 Å². The maximum Gasteiger partial charge on any atom is 0.257 e. The summed E-state index contributed by atoms with van der Waals surface area (Å²) in [6.45, 7) is 3.58. The molecule has 114 valence electrons. The van der Waals surface area contributed by atoms with Crippen molar-refractivity contribution in [1.29, 1.82) is 0 Å². The Balaban J connectivity index is 1.42. The summed E-state index contributed by atoms with van der Waals surface area (Å²) in [7, 11) is 0. The van der Waals surface area contributed by atoms with E-state index >= 15 is 0 Å². The summed E-state index contributed by atoms with van der Waals surface area (Å²) in [5.74, 6) is 2.16. The number of carbonyl (C=O) groups is 1. The molecule has 22 heavy (non-hydrogen) atoms. The van der Waals surface area contributed by atoms with E-state index in [1.165, 1.54) is 0 Å². The summed E-state index contributed by atoms with van der Waals surface area (Å²) in [6, 6.07) is 4.06. The second-order valence-electron chi connectivity index (χ2n) is 5.96. The van der Waals surface area contributed by atoms with Gasteiger partial charge in [-0.05, 0) is 28.1 Å². The van der Waals surface area contributed by atoms with Crippen molar-refractivity contribution in [3.8, 4) is 0 Å². The molecule has 0 radical (unpaired) electrons. The molecule has 6 nitrogen and oxygen atoms in total. The lowest BCUT2D eigenvalue weighted by Crippen LogP contribution is -2.33. The van der Waals surface area contributed by atoms with Crippen molar-refractivity contribution in [2.45, 2.75) is 0 Å². The van der Waals surface area contributed by atoms with Crippen molar-refractivity contribution in [3.63, 3.8) is 0 Å². The second-order valence-corrected chi connectivity index (χ2v) is 6.87. The number of aromatic nitrogens is 3. The number of pyridine rings is 1. The highest BCUT2D eigenvalue weighted by atomic mass is 79.9. The molecule has 2 unspecified atom stereocenters. The topological polar surface area (TPSA) is 65.1 Å². The smallest absolute Gasteiger partial charge is 0.257 e. The van der Waals surface area contributed by atoms with Crippen molar-refractivity contribution in [2.24, 2.45) is 11.8 Å². The fraction of sp³-hybridized carbons (Fsp3) is 0.400. The number of halogens is 1. The van der Waals surface area contributed by atoms with Gasteiger partial charge >= 0.3 is 0 Å². The van der Waals surface area contributed by atoms with Crippen molar-refractivity contribution in [3.05, 3.63) is 40.8 Å². The standard InChI is InChI=1S/C15H16BrN5O/c16-13-1-2-14(17-5-13)20-6-11-8-21(9-12(11)7-20)15(22)10-3-18-19-4-10/h1-5,11-12H,6-9H2,(H,18,19). The predicted octanol–water partition coefficient (Wildman–Crippen LogP) is 1.78. The number of nitrogens with zero attached hydrogens (tertiary/aromatic N) is 4. The number of H-pyrrole nitrogens is 1. The molecule has 4 heterocycles. The van der Waals surface area contributed by atoms with Crippen LogP contribution in [0.15, 0.2) is 35.2 Å². The highest BCUT2D eigenvalue weighted by molar-refractivity contribution is 9.10. The fourth-order valence-corrected chi connectivity index (χ4v) is 3.69. The van der Waals surface area contributed by atoms with Crippen LogP contribution in [0.3, 0.4) is 0 Å². The quantitative estimate of drug-likeness (QED) is 0.885. The number of likely N-dealkylation sites (tertiary alicyclic amines) is 1. The molecule has 2 saturated heterocycles. The van der Waals surface area contributed by atoms with Gasteiger partial charge in [-0.25, -0.2) is 4.98 Å². The zero-order valence-electron chi connectivity index (χ0n) is 11.9. The molecule has 2 aromatic heterocycles. The third kappa shape index (κ3) is 2.39. The number of nitrogens with one attached hydrogen (secondary N) is 1.